The average Bonchev–Trinajstić information content (AvgIpc) is 3.04. The molecule has 2 aromatic rings. The summed E-state index contributed by atoms with van der Waals surface area (Å²) in [4.78, 5) is 75.6. The number of ether oxygens (including phenoxy) is 4. The Morgan fingerprint density at radius 2 is 0.913 bits per heavy atom. The van der Waals surface area contributed by atoms with E-state index in [0.717, 1.165) is 8.92 Å². The van der Waals surface area contributed by atoms with Crippen LogP contribution >= 0.6 is 0 Å². The van der Waals surface area contributed by atoms with Crippen molar-refractivity contribution in [2.45, 2.75) is 65.5 Å². The zero-order chi connectivity index (χ0) is 33.9. The summed E-state index contributed by atoms with van der Waals surface area (Å²) < 4.78 is 21.6. The van der Waals surface area contributed by atoms with Gasteiger partial charge in [-0.05, 0) is 0 Å². The zero-order valence-electron chi connectivity index (χ0n) is 26.3. The number of carbonyl (C=O) groups excluding carboxylic acids is 6. The van der Waals surface area contributed by atoms with Crippen molar-refractivity contribution in [1.29, 1.82) is 0 Å². The topological polar surface area (TPSA) is 163 Å². The molecule has 0 fully saturated rings. The molecule has 2 N–H and O–H groups in total. The van der Waals surface area contributed by atoms with Crippen molar-refractivity contribution in [1.82, 2.24) is 10.6 Å². The minimum absolute atomic E-state index is 0.0235. The molecule has 0 bridgehead atoms. The third-order valence-corrected chi connectivity index (χ3v) is 13.4. The summed E-state index contributed by atoms with van der Waals surface area (Å²) in [6.45, 7) is 7.32. The van der Waals surface area contributed by atoms with Crippen LogP contribution in [0, 0.1) is 0 Å². The molecule has 2 aromatic carbocycles. The molecule has 2 atom stereocenters. The molecule has 0 aliphatic heterocycles. The number of amides is 2. The Hall–Kier alpha value is -3.70. The fraction of sp³-hybridized carbons (Fsp3) is 0.438. The van der Waals surface area contributed by atoms with Gasteiger partial charge in [-0.25, -0.2) is 0 Å². The Labute approximate surface area is 279 Å². The molecule has 0 aliphatic rings. The fourth-order valence-corrected chi connectivity index (χ4v) is 11.1. The standard InChI is InChI=1S/C32H40N2O10Se2/c1-5-41-27(35)19-17-23(31(39)43-7-3)33-29(37)21-13-9-11-15-25(21)45-46-26-16-12-10-14-22(26)30(38)34-24(32(40)44-8-4)18-20-28(36)42-6-2/h9-16,23-24H,5-8,17-20H2,1-4H3,(H,33,37)(H,34,38)/t23-,24-/m0/s1. The molecular formula is C32H40N2O10Se2. The summed E-state index contributed by atoms with van der Waals surface area (Å²) in [5.74, 6) is -3.22. The van der Waals surface area contributed by atoms with Crippen molar-refractivity contribution in [3.05, 3.63) is 59.7 Å². The Morgan fingerprint density at radius 1 is 0.565 bits per heavy atom. The Kier molecular flexibility index (Phi) is 17.7. The number of rotatable bonds is 19. The number of hydrogen-bond acceptors (Lipinski definition) is 10. The van der Waals surface area contributed by atoms with Gasteiger partial charge in [0, 0.05) is 0 Å². The van der Waals surface area contributed by atoms with Crippen LogP contribution in [0.25, 0.3) is 0 Å². The summed E-state index contributed by atoms with van der Waals surface area (Å²) in [7, 11) is 0. The second-order valence-electron chi connectivity index (χ2n) is 9.40. The van der Waals surface area contributed by atoms with Gasteiger partial charge in [-0.3, -0.25) is 0 Å². The van der Waals surface area contributed by atoms with Crippen molar-refractivity contribution in [3.63, 3.8) is 0 Å². The number of nitrogens with one attached hydrogen (secondary N) is 2. The quantitative estimate of drug-likeness (QED) is 0.120. The van der Waals surface area contributed by atoms with Crippen LogP contribution in [-0.2, 0) is 38.1 Å². The molecule has 0 saturated heterocycles. The predicted molar refractivity (Wildman–Crippen MR) is 171 cm³/mol. The Balaban J connectivity index is 2.19. The van der Waals surface area contributed by atoms with E-state index < -0.39 is 47.8 Å². The molecule has 46 heavy (non-hydrogen) atoms. The second-order valence-corrected chi connectivity index (χ2v) is 15.6. The molecule has 0 radical (unpaired) electrons. The molecule has 2 rings (SSSR count). The van der Waals surface area contributed by atoms with Crippen molar-refractivity contribution >= 4 is 70.9 Å². The third kappa shape index (κ3) is 13.0. The van der Waals surface area contributed by atoms with Gasteiger partial charge in [-0.2, -0.15) is 0 Å². The van der Waals surface area contributed by atoms with E-state index in [1.165, 1.54) is 0 Å². The van der Waals surface area contributed by atoms with Crippen molar-refractivity contribution in [3.8, 4) is 0 Å². The van der Waals surface area contributed by atoms with E-state index in [0.29, 0.717) is 11.1 Å². The third-order valence-electron chi connectivity index (χ3n) is 6.12. The monoisotopic (exact) mass is 772 g/mol. The van der Waals surface area contributed by atoms with Crippen LogP contribution in [0.15, 0.2) is 48.5 Å². The van der Waals surface area contributed by atoms with Crippen LogP contribution in [0.3, 0.4) is 0 Å². The summed E-state index contributed by atoms with van der Waals surface area (Å²) in [6, 6.07) is 11.9. The van der Waals surface area contributed by atoms with Gasteiger partial charge in [0.05, 0.1) is 0 Å². The van der Waals surface area contributed by atoms with Crippen LogP contribution in [0.2, 0.25) is 0 Å². The second kappa shape index (κ2) is 21.2. The first kappa shape index (κ1) is 38.5. The summed E-state index contributed by atoms with van der Waals surface area (Å²) in [5, 5.41) is 5.42. The molecule has 0 unspecified atom stereocenters. The molecule has 2 amide bonds. The van der Waals surface area contributed by atoms with Crippen LogP contribution in [0.4, 0.5) is 0 Å². The van der Waals surface area contributed by atoms with Gasteiger partial charge in [-0.15, -0.1) is 0 Å². The fourth-order valence-electron chi connectivity index (χ4n) is 3.99. The van der Waals surface area contributed by atoms with Gasteiger partial charge in [0.2, 0.25) is 0 Å². The molecule has 14 heteroatoms. The van der Waals surface area contributed by atoms with Crippen LogP contribution in [0.1, 0.15) is 74.1 Å². The van der Waals surface area contributed by atoms with Gasteiger partial charge >= 0.3 is 281 Å². The number of benzene rings is 2. The van der Waals surface area contributed by atoms with E-state index >= 15 is 0 Å². The molecular weight excluding hydrogens is 730 g/mol. The molecule has 12 nitrogen and oxygen atoms in total. The minimum atomic E-state index is -1.04. The van der Waals surface area contributed by atoms with E-state index in [9.17, 15) is 28.8 Å². The van der Waals surface area contributed by atoms with Crippen LogP contribution in [-0.4, -0.2) is 100 Å². The van der Waals surface area contributed by atoms with Gasteiger partial charge in [0.1, 0.15) is 0 Å². The SMILES string of the molecule is CCOC(=O)CC[C@H](NC(=O)c1ccccc1[Se][Se]c1ccccc1C(=O)N[C@@H](CCC(=O)OCC)C(=O)OCC)C(=O)OCC. The zero-order valence-corrected chi connectivity index (χ0v) is 29.8. The number of carbonyl (C=O) groups is 6. The van der Waals surface area contributed by atoms with E-state index in [4.69, 9.17) is 18.9 Å². The van der Waals surface area contributed by atoms with Gasteiger partial charge in [0.15, 0.2) is 0 Å². The first-order chi connectivity index (χ1) is 22.1. The summed E-state index contributed by atoms with van der Waals surface area (Å²) in [5.41, 5.74) is 0.746. The summed E-state index contributed by atoms with van der Waals surface area (Å²) in [6.07, 6.45) is -0.0819. The number of esters is 4. The molecule has 250 valence electrons. The van der Waals surface area contributed by atoms with Crippen molar-refractivity contribution in [2.75, 3.05) is 26.4 Å². The first-order valence-electron chi connectivity index (χ1n) is 14.9. The molecule has 0 spiro atoms. The van der Waals surface area contributed by atoms with E-state index in [1.54, 1.807) is 64.1 Å². The predicted octanol–water partition coefficient (Wildman–Crippen LogP) is 0.970. The Morgan fingerprint density at radius 3 is 1.26 bits per heavy atom. The molecule has 0 heterocycles. The maximum atomic E-state index is 13.4. The van der Waals surface area contributed by atoms with Crippen molar-refractivity contribution < 1.29 is 47.7 Å². The van der Waals surface area contributed by atoms with E-state index in [2.05, 4.69) is 10.6 Å². The molecule has 0 saturated carbocycles. The first-order valence-corrected chi connectivity index (χ1v) is 21.0. The van der Waals surface area contributed by atoms with Gasteiger partial charge in [-0.1, -0.05) is 0 Å². The van der Waals surface area contributed by atoms with Gasteiger partial charge in [0.25, 0.3) is 0 Å². The maximum absolute atomic E-state index is 13.4. The molecule has 0 aliphatic carbocycles. The van der Waals surface area contributed by atoms with E-state index in [-0.39, 0.29) is 78.4 Å². The van der Waals surface area contributed by atoms with Crippen molar-refractivity contribution in [2.24, 2.45) is 0 Å². The van der Waals surface area contributed by atoms with Gasteiger partial charge < -0.3 is 0 Å². The van der Waals surface area contributed by atoms with Crippen LogP contribution < -0.4 is 19.6 Å². The summed E-state index contributed by atoms with van der Waals surface area (Å²) >= 11 is -0.543. The van der Waals surface area contributed by atoms with E-state index in [1.807, 2.05) is 12.1 Å². The Bertz CT molecular complexity index is 1250. The van der Waals surface area contributed by atoms with Crippen LogP contribution in [0.5, 0.6) is 0 Å². The average molecular weight is 771 g/mol. The number of hydrogen-bond donors (Lipinski definition) is 2. The molecule has 0 aromatic heterocycles. The normalized spacial score (nSPS) is 11.8.